The number of nitrogens with one attached hydrogen (secondary N) is 1. The Morgan fingerprint density at radius 3 is 2.88 bits per heavy atom. The third-order valence-corrected chi connectivity index (χ3v) is 1.70. The molecule has 0 spiro atoms. The van der Waals surface area contributed by atoms with Gasteiger partial charge in [0.15, 0.2) is 0 Å². The minimum atomic E-state index is 0.727. The molecule has 1 heterocycles. The number of nitrogens with zero attached hydrogens (tertiary/aromatic N) is 2. The lowest BCUT2D eigenvalue weighted by Crippen LogP contribution is -2.23. The maximum atomic E-state index is 6.62. The molecule has 0 aliphatic heterocycles. The Morgan fingerprint density at radius 1 is 1.88 bits per heavy atom. The van der Waals surface area contributed by atoms with Gasteiger partial charge in [0.05, 0.1) is 12.2 Å². The number of aryl methyl sites for hydroxylation is 1. The monoisotopic (exact) mass is 128 g/mol. The molecule has 42 valence electrons. The zero-order chi connectivity index (χ0) is 5.98. The van der Waals surface area contributed by atoms with E-state index in [1.165, 1.54) is 11.3 Å². The van der Waals surface area contributed by atoms with Crippen LogP contribution in [0.3, 0.4) is 0 Å². The Labute approximate surface area is 51.1 Å². The molecule has 0 aliphatic carbocycles. The van der Waals surface area contributed by atoms with Crippen LogP contribution in [0, 0.1) is 5.53 Å². The molecule has 0 saturated heterocycles. The first-order valence-electron chi connectivity index (χ1n) is 2.15. The summed E-state index contributed by atoms with van der Waals surface area (Å²) in [6.07, 6.45) is 1.87. The Balaban J connectivity index is 3.09. The molecule has 0 fully saturated rings. The van der Waals surface area contributed by atoms with Crippen LogP contribution in [0.5, 0.6) is 0 Å². The summed E-state index contributed by atoms with van der Waals surface area (Å²) in [5.74, 6) is 0. The van der Waals surface area contributed by atoms with Crippen molar-refractivity contribution >= 4 is 16.5 Å². The van der Waals surface area contributed by atoms with Gasteiger partial charge in [-0.15, -0.1) is 0 Å². The molecule has 3 nitrogen and oxygen atoms in total. The van der Waals surface area contributed by atoms with Gasteiger partial charge in [0, 0.05) is 5.38 Å². The van der Waals surface area contributed by atoms with Gasteiger partial charge in [0.1, 0.15) is 6.20 Å². The van der Waals surface area contributed by atoms with Gasteiger partial charge in [-0.05, 0) is 11.3 Å². The van der Waals surface area contributed by atoms with Gasteiger partial charge in [-0.25, -0.2) is 4.57 Å². The normalized spacial score (nSPS) is 9.12. The van der Waals surface area contributed by atoms with Crippen LogP contribution < -0.4 is 4.57 Å². The predicted octanol–water partition coefficient (Wildman–Crippen LogP) is 1.24. The molecule has 1 rings (SSSR count). The van der Waals surface area contributed by atoms with E-state index in [1.54, 1.807) is 4.57 Å². The number of hydrogen-bond acceptors (Lipinski definition) is 3. The van der Waals surface area contributed by atoms with Crippen molar-refractivity contribution in [2.45, 2.75) is 0 Å². The van der Waals surface area contributed by atoms with Crippen LogP contribution in [-0.4, -0.2) is 0 Å². The van der Waals surface area contributed by atoms with Crippen LogP contribution in [0.4, 0.5) is 5.13 Å². The van der Waals surface area contributed by atoms with Crippen molar-refractivity contribution in [2.75, 3.05) is 0 Å². The first-order chi connectivity index (χ1) is 3.84. The fraction of sp³-hybridized carbons (Fsp3) is 0.250. The van der Waals surface area contributed by atoms with Crippen LogP contribution in [0.15, 0.2) is 16.7 Å². The summed E-state index contributed by atoms with van der Waals surface area (Å²) < 4.78 is 1.80. The summed E-state index contributed by atoms with van der Waals surface area (Å²) >= 11 is 1.46. The topological polar surface area (TPSA) is 40.1 Å². The van der Waals surface area contributed by atoms with Crippen LogP contribution >= 0.6 is 11.3 Å². The zero-order valence-electron chi connectivity index (χ0n) is 4.46. The Kier molecular flexibility index (Phi) is 1.34. The molecule has 0 unspecified atom stereocenters. The number of thiazole rings is 1. The van der Waals surface area contributed by atoms with E-state index < -0.39 is 0 Å². The summed E-state index contributed by atoms with van der Waals surface area (Å²) in [6, 6.07) is 0. The molecule has 0 aliphatic rings. The Bertz CT molecular complexity index is 193. The van der Waals surface area contributed by atoms with Crippen molar-refractivity contribution < 1.29 is 4.57 Å². The summed E-state index contributed by atoms with van der Waals surface area (Å²) in [5.41, 5.74) is 6.62. The number of rotatable bonds is 1. The van der Waals surface area contributed by atoms with Crippen LogP contribution in [0.2, 0.25) is 0 Å². The van der Waals surface area contributed by atoms with Crippen molar-refractivity contribution in [3.63, 3.8) is 0 Å². The van der Waals surface area contributed by atoms with Crippen molar-refractivity contribution in [1.82, 2.24) is 0 Å². The molecule has 1 N–H and O–H groups in total. The first kappa shape index (κ1) is 5.37. The lowest BCUT2D eigenvalue weighted by molar-refractivity contribution is -0.654. The highest BCUT2D eigenvalue weighted by atomic mass is 32.1. The molecule has 0 amide bonds. The van der Waals surface area contributed by atoms with Crippen LogP contribution in [0.25, 0.3) is 0 Å². The number of hydrogen-bond donors (Lipinski definition) is 1. The lowest BCUT2D eigenvalue weighted by atomic mass is 10.9. The molecular formula is C4H6N3S+. The van der Waals surface area contributed by atoms with Gasteiger partial charge >= 0.3 is 5.13 Å². The zero-order valence-corrected chi connectivity index (χ0v) is 5.27. The van der Waals surface area contributed by atoms with Crippen molar-refractivity contribution in [1.29, 1.82) is 5.53 Å². The van der Waals surface area contributed by atoms with E-state index >= 15 is 0 Å². The summed E-state index contributed by atoms with van der Waals surface area (Å²) in [4.78, 5) is 0. The molecule has 1 aromatic rings. The van der Waals surface area contributed by atoms with Crippen LogP contribution in [-0.2, 0) is 7.05 Å². The second-order valence-electron chi connectivity index (χ2n) is 1.41. The highest BCUT2D eigenvalue weighted by Gasteiger charge is 2.03. The molecule has 1 aromatic heterocycles. The van der Waals surface area contributed by atoms with E-state index in [4.69, 9.17) is 5.53 Å². The van der Waals surface area contributed by atoms with E-state index in [1.807, 2.05) is 18.6 Å². The fourth-order valence-corrected chi connectivity index (χ4v) is 1.08. The van der Waals surface area contributed by atoms with E-state index in [0.717, 1.165) is 5.13 Å². The molecule has 0 atom stereocenters. The average Bonchev–Trinajstić information content (AvgIpc) is 2.14. The molecule has 0 radical (unpaired) electrons. The van der Waals surface area contributed by atoms with Gasteiger partial charge < -0.3 is 0 Å². The highest BCUT2D eigenvalue weighted by molar-refractivity contribution is 7.12. The smallest absolute Gasteiger partial charge is 0.222 e. The molecular weight excluding hydrogens is 122 g/mol. The van der Waals surface area contributed by atoms with Crippen molar-refractivity contribution in [2.24, 2.45) is 12.2 Å². The van der Waals surface area contributed by atoms with Crippen molar-refractivity contribution in [3.05, 3.63) is 11.6 Å². The van der Waals surface area contributed by atoms with Gasteiger partial charge in [-0.1, -0.05) is 5.53 Å². The maximum absolute atomic E-state index is 6.62. The summed E-state index contributed by atoms with van der Waals surface area (Å²) in [6.45, 7) is 0. The highest BCUT2D eigenvalue weighted by Crippen LogP contribution is 2.10. The fourth-order valence-electron chi connectivity index (χ4n) is 0.435. The van der Waals surface area contributed by atoms with Gasteiger partial charge in [0.25, 0.3) is 0 Å². The summed E-state index contributed by atoms with van der Waals surface area (Å²) in [7, 11) is 1.86. The minimum Gasteiger partial charge on any atom is -0.222 e. The average molecular weight is 128 g/mol. The second-order valence-corrected chi connectivity index (χ2v) is 2.28. The standard InChI is InChI=1S/C4H6N3S/c1-7-2-3-8-4(7)6-5/h2-3,5H,1H3/q+1. The lowest BCUT2D eigenvalue weighted by Gasteiger charge is -1.74. The minimum absolute atomic E-state index is 0.727. The Morgan fingerprint density at radius 2 is 2.62 bits per heavy atom. The largest absolute Gasteiger partial charge is 0.407 e. The molecule has 0 saturated carbocycles. The first-order valence-corrected chi connectivity index (χ1v) is 3.03. The molecule has 8 heavy (non-hydrogen) atoms. The predicted molar refractivity (Wildman–Crippen MR) is 30.3 cm³/mol. The van der Waals surface area contributed by atoms with E-state index in [-0.39, 0.29) is 0 Å². The maximum Gasteiger partial charge on any atom is 0.407 e. The second kappa shape index (κ2) is 2.00. The van der Waals surface area contributed by atoms with Gasteiger partial charge in [-0.3, -0.25) is 0 Å². The van der Waals surface area contributed by atoms with Crippen molar-refractivity contribution in [3.8, 4) is 0 Å². The van der Waals surface area contributed by atoms with Gasteiger partial charge in [-0.2, -0.15) is 0 Å². The van der Waals surface area contributed by atoms with E-state index in [9.17, 15) is 0 Å². The third kappa shape index (κ3) is 0.742. The molecule has 0 bridgehead atoms. The SMILES string of the molecule is C[n+]1ccsc1N=N. The third-order valence-electron chi connectivity index (χ3n) is 0.855. The van der Waals surface area contributed by atoms with E-state index in [0.29, 0.717) is 0 Å². The van der Waals surface area contributed by atoms with E-state index in [2.05, 4.69) is 5.11 Å². The quantitative estimate of drug-likeness (QED) is 0.436. The molecule has 4 heteroatoms. The number of aromatic nitrogens is 1. The Hall–Kier alpha value is -0.770. The van der Waals surface area contributed by atoms with Crippen LogP contribution in [0.1, 0.15) is 0 Å². The van der Waals surface area contributed by atoms with Gasteiger partial charge in [0.2, 0.25) is 0 Å². The summed E-state index contributed by atoms with van der Waals surface area (Å²) in [5, 5.41) is 5.88. The molecule has 0 aromatic carbocycles.